The predicted octanol–water partition coefficient (Wildman–Crippen LogP) is 5.62. The average molecular weight is 422 g/mol. The van der Waals surface area contributed by atoms with Gasteiger partial charge < -0.3 is 15.0 Å². The Labute approximate surface area is 186 Å². The molecule has 1 aliphatic heterocycles. The molecule has 0 aliphatic carbocycles. The lowest BCUT2D eigenvalue weighted by atomic mass is 10.1. The van der Waals surface area contributed by atoms with Crippen molar-refractivity contribution >= 4 is 34.0 Å². The van der Waals surface area contributed by atoms with Gasteiger partial charge in [0.15, 0.2) is 0 Å². The van der Waals surface area contributed by atoms with Crippen LogP contribution in [0.3, 0.4) is 0 Å². The molecule has 0 bridgehead atoms. The highest BCUT2D eigenvalue weighted by atomic mass is 16.5. The van der Waals surface area contributed by atoms with Crippen LogP contribution in [0.4, 0.5) is 11.4 Å². The van der Waals surface area contributed by atoms with E-state index in [1.807, 2.05) is 84.9 Å². The Balaban J connectivity index is 1.26. The van der Waals surface area contributed by atoms with Gasteiger partial charge in [-0.1, -0.05) is 54.6 Å². The lowest BCUT2D eigenvalue weighted by Crippen LogP contribution is -2.28. The van der Waals surface area contributed by atoms with Crippen LogP contribution >= 0.6 is 0 Å². The van der Waals surface area contributed by atoms with E-state index >= 15 is 0 Å². The van der Waals surface area contributed by atoms with Crippen molar-refractivity contribution in [3.63, 3.8) is 0 Å². The summed E-state index contributed by atoms with van der Waals surface area (Å²) in [5, 5.41) is 5.02. The van der Waals surface area contributed by atoms with Gasteiger partial charge in [0.1, 0.15) is 11.5 Å². The zero-order valence-electron chi connectivity index (χ0n) is 17.4. The summed E-state index contributed by atoms with van der Waals surface area (Å²) in [7, 11) is 0. The van der Waals surface area contributed by atoms with Gasteiger partial charge in [-0.2, -0.15) is 0 Å². The molecule has 1 N–H and O–H groups in total. The Morgan fingerprint density at radius 1 is 0.812 bits per heavy atom. The molecule has 1 atom stereocenters. The van der Waals surface area contributed by atoms with Crippen LogP contribution in [0.2, 0.25) is 0 Å². The minimum Gasteiger partial charge on any atom is -0.457 e. The van der Waals surface area contributed by atoms with Gasteiger partial charge in [0.2, 0.25) is 11.8 Å². The minimum absolute atomic E-state index is 0.0342. The van der Waals surface area contributed by atoms with Gasteiger partial charge in [-0.3, -0.25) is 9.59 Å². The number of rotatable bonds is 5. The van der Waals surface area contributed by atoms with Gasteiger partial charge in [0.25, 0.3) is 0 Å². The predicted molar refractivity (Wildman–Crippen MR) is 126 cm³/mol. The van der Waals surface area contributed by atoms with E-state index in [1.165, 1.54) is 0 Å². The van der Waals surface area contributed by atoms with Crippen LogP contribution in [0.1, 0.15) is 6.42 Å². The number of nitrogens with one attached hydrogen (secondary N) is 1. The number of para-hydroxylation sites is 1. The van der Waals surface area contributed by atoms with Gasteiger partial charge in [-0.25, -0.2) is 0 Å². The van der Waals surface area contributed by atoms with Gasteiger partial charge in [0.05, 0.1) is 11.6 Å². The quantitative estimate of drug-likeness (QED) is 0.454. The molecule has 4 aromatic carbocycles. The number of benzene rings is 4. The van der Waals surface area contributed by atoms with Crippen molar-refractivity contribution in [1.29, 1.82) is 0 Å². The fourth-order valence-electron chi connectivity index (χ4n) is 4.03. The molecule has 0 unspecified atom stereocenters. The number of fused-ring (bicyclic) bond motifs is 1. The van der Waals surface area contributed by atoms with Crippen LogP contribution in [0.5, 0.6) is 11.5 Å². The Bertz CT molecular complexity index is 1260. The first-order valence-electron chi connectivity index (χ1n) is 10.6. The fourth-order valence-corrected chi connectivity index (χ4v) is 4.03. The smallest absolute Gasteiger partial charge is 0.229 e. The maximum Gasteiger partial charge on any atom is 0.229 e. The number of ether oxygens (including phenoxy) is 1. The number of hydrogen-bond donors (Lipinski definition) is 1. The van der Waals surface area contributed by atoms with E-state index in [-0.39, 0.29) is 18.2 Å². The second-order valence-electron chi connectivity index (χ2n) is 7.83. The lowest BCUT2D eigenvalue weighted by Gasteiger charge is -2.19. The third-order valence-electron chi connectivity index (χ3n) is 5.65. The molecular weight excluding hydrogens is 400 g/mol. The molecule has 32 heavy (non-hydrogen) atoms. The Kier molecular flexibility index (Phi) is 5.30. The van der Waals surface area contributed by atoms with E-state index in [1.54, 1.807) is 17.0 Å². The summed E-state index contributed by atoms with van der Waals surface area (Å²) in [6.45, 7) is 0.369. The molecular formula is C27H22N2O3. The zero-order valence-corrected chi connectivity index (χ0v) is 17.4. The van der Waals surface area contributed by atoms with E-state index in [0.29, 0.717) is 18.0 Å². The largest absolute Gasteiger partial charge is 0.457 e. The number of hydrogen-bond acceptors (Lipinski definition) is 3. The number of amides is 2. The monoisotopic (exact) mass is 422 g/mol. The zero-order chi connectivity index (χ0) is 21.9. The second kappa shape index (κ2) is 8.55. The third-order valence-corrected chi connectivity index (χ3v) is 5.65. The molecule has 2 amide bonds. The van der Waals surface area contributed by atoms with Crippen LogP contribution < -0.4 is 15.0 Å². The summed E-state index contributed by atoms with van der Waals surface area (Å²) >= 11 is 0. The molecule has 1 heterocycles. The summed E-state index contributed by atoms with van der Waals surface area (Å²) < 4.78 is 5.79. The maximum atomic E-state index is 12.9. The van der Waals surface area contributed by atoms with Crippen LogP contribution in [0, 0.1) is 5.92 Å². The summed E-state index contributed by atoms with van der Waals surface area (Å²) in [6.07, 6.45) is 0.199. The minimum atomic E-state index is -0.401. The molecule has 0 saturated carbocycles. The summed E-state index contributed by atoms with van der Waals surface area (Å²) in [6, 6.07) is 30.6. The maximum absolute atomic E-state index is 12.9. The normalized spacial score (nSPS) is 15.7. The lowest BCUT2D eigenvalue weighted by molar-refractivity contribution is -0.122. The van der Waals surface area contributed by atoms with Crippen LogP contribution in [-0.2, 0) is 9.59 Å². The molecule has 158 valence electrons. The number of carbonyl (C=O) groups is 2. The van der Waals surface area contributed by atoms with Crippen LogP contribution in [-0.4, -0.2) is 18.4 Å². The molecule has 0 radical (unpaired) electrons. The van der Waals surface area contributed by atoms with Crippen molar-refractivity contribution in [2.24, 2.45) is 5.92 Å². The van der Waals surface area contributed by atoms with E-state index < -0.39 is 5.92 Å². The molecule has 4 aromatic rings. The SMILES string of the molecule is O=C(Nc1ccc(Oc2ccccc2)cc1)[C@H]1CC(=O)N(c2cccc3ccccc23)C1. The van der Waals surface area contributed by atoms with Gasteiger partial charge in [0, 0.05) is 24.0 Å². The standard InChI is InChI=1S/C27H22N2O3/c30-26-17-20(18-29(26)25-12-6-8-19-7-4-5-11-24(19)25)27(31)28-21-13-15-23(16-14-21)32-22-9-2-1-3-10-22/h1-16,20H,17-18H2,(H,28,31)/t20-/m0/s1. The highest BCUT2D eigenvalue weighted by Gasteiger charge is 2.35. The van der Waals surface area contributed by atoms with Gasteiger partial charge in [-0.05, 0) is 47.9 Å². The molecule has 1 saturated heterocycles. The van der Waals surface area contributed by atoms with Crippen molar-refractivity contribution in [2.45, 2.75) is 6.42 Å². The van der Waals surface area contributed by atoms with Crippen molar-refractivity contribution in [1.82, 2.24) is 0 Å². The topological polar surface area (TPSA) is 58.6 Å². The van der Waals surface area contributed by atoms with Crippen molar-refractivity contribution < 1.29 is 14.3 Å². The van der Waals surface area contributed by atoms with E-state index in [9.17, 15) is 9.59 Å². The number of anilines is 2. The fraction of sp³-hybridized carbons (Fsp3) is 0.111. The first-order chi connectivity index (χ1) is 15.7. The molecule has 1 fully saturated rings. The molecule has 5 nitrogen and oxygen atoms in total. The van der Waals surface area contributed by atoms with E-state index in [2.05, 4.69) is 5.32 Å². The van der Waals surface area contributed by atoms with Crippen LogP contribution in [0.15, 0.2) is 97.1 Å². The van der Waals surface area contributed by atoms with Crippen molar-refractivity contribution in [3.8, 4) is 11.5 Å². The number of carbonyl (C=O) groups excluding carboxylic acids is 2. The van der Waals surface area contributed by atoms with E-state index in [4.69, 9.17) is 4.74 Å². The third kappa shape index (κ3) is 4.05. The molecule has 0 aromatic heterocycles. The Morgan fingerprint density at radius 2 is 1.50 bits per heavy atom. The molecule has 0 spiro atoms. The molecule has 5 heteroatoms. The van der Waals surface area contributed by atoms with Crippen LogP contribution in [0.25, 0.3) is 10.8 Å². The molecule has 5 rings (SSSR count). The molecule has 1 aliphatic rings. The first kappa shape index (κ1) is 19.8. The first-order valence-corrected chi connectivity index (χ1v) is 10.6. The summed E-state index contributed by atoms with van der Waals surface area (Å²) in [4.78, 5) is 27.3. The Morgan fingerprint density at radius 3 is 2.31 bits per heavy atom. The van der Waals surface area contributed by atoms with Crippen molar-refractivity contribution in [3.05, 3.63) is 97.1 Å². The highest BCUT2D eigenvalue weighted by Crippen LogP contribution is 2.32. The second-order valence-corrected chi connectivity index (χ2v) is 7.83. The van der Waals surface area contributed by atoms with Gasteiger partial charge in [-0.15, -0.1) is 0 Å². The summed E-state index contributed by atoms with van der Waals surface area (Å²) in [5.41, 5.74) is 1.53. The highest BCUT2D eigenvalue weighted by molar-refractivity contribution is 6.08. The van der Waals surface area contributed by atoms with E-state index in [0.717, 1.165) is 22.2 Å². The Hall–Kier alpha value is -4.12. The average Bonchev–Trinajstić information content (AvgIpc) is 3.22. The summed E-state index contributed by atoms with van der Waals surface area (Å²) in [5.74, 6) is 0.849. The van der Waals surface area contributed by atoms with Crippen molar-refractivity contribution in [2.75, 3.05) is 16.8 Å². The van der Waals surface area contributed by atoms with Gasteiger partial charge >= 0.3 is 0 Å². The number of nitrogens with zero attached hydrogens (tertiary/aromatic N) is 1.